The molecule has 0 saturated heterocycles. The lowest BCUT2D eigenvalue weighted by Crippen LogP contribution is -2.59. The molecule has 0 aromatic heterocycles. The van der Waals surface area contributed by atoms with Crippen LogP contribution < -0.4 is 5.32 Å². The van der Waals surface area contributed by atoms with Crippen molar-refractivity contribution in [3.05, 3.63) is 0 Å². The van der Waals surface area contributed by atoms with Crippen LogP contribution in [0, 0.1) is 0 Å². The number of rotatable bonds is 5. The topological polar surface area (TPSA) is 47.6 Å². The molecule has 0 aromatic carbocycles. The minimum atomic E-state index is -0.510. The highest BCUT2D eigenvalue weighted by molar-refractivity contribution is 5.81. The maximum Gasteiger partial charge on any atom is 0.326 e. The standard InChI is InChI=1S/C15H27NO3/c1-3-19-14(17)15(16-12-7-4-5-8-12)10-6-9-13(11-15)18-2/h12-13,16H,3-11H2,1-2H3. The molecule has 2 aliphatic carbocycles. The van der Waals surface area contributed by atoms with Crippen LogP contribution in [0.3, 0.4) is 0 Å². The number of carbonyl (C=O) groups excluding carboxylic acids is 1. The van der Waals surface area contributed by atoms with Gasteiger partial charge in [-0.15, -0.1) is 0 Å². The van der Waals surface area contributed by atoms with E-state index in [-0.39, 0.29) is 12.1 Å². The molecule has 2 atom stereocenters. The van der Waals surface area contributed by atoms with Crippen molar-refractivity contribution in [1.82, 2.24) is 5.32 Å². The molecule has 1 N–H and O–H groups in total. The van der Waals surface area contributed by atoms with E-state index in [1.807, 2.05) is 6.92 Å². The number of methoxy groups -OCH3 is 1. The van der Waals surface area contributed by atoms with Crippen LogP contribution in [0.15, 0.2) is 0 Å². The first-order valence-corrected chi connectivity index (χ1v) is 7.68. The Bertz CT molecular complexity index is 302. The average Bonchev–Trinajstić information content (AvgIpc) is 2.92. The van der Waals surface area contributed by atoms with Gasteiger partial charge in [0.2, 0.25) is 0 Å². The highest BCUT2D eigenvalue weighted by atomic mass is 16.5. The van der Waals surface area contributed by atoms with Crippen LogP contribution in [-0.2, 0) is 14.3 Å². The van der Waals surface area contributed by atoms with Crippen molar-refractivity contribution in [3.8, 4) is 0 Å². The fourth-order valence-corrected chi connectivity index (χ4v) is 3.53. The van der Waals surface area contributed by atoms with E-state index in [1.165, 1.54) is 25.7 Å². The van der Waals surface area contributed by atoms with E-state index in [4.69, 9.17) is 9.47 Å². The molecule has 2 saturated carbocycles. The molecule has 0 bridgehead atoms. The van der Waals surface area contributed by atoms with Crippen LogP contribution in [-0.4, -0.2) is 37.4 Å². The lowest BCUT2D eigenvalue weighted by Gasteiger charge is -2.40. The average molecular weight is 269 g/mol. The zero-order valence-corrected chi connectivity index (χ0v) is 12.2. The first kappa shape index (κ1) is 14.8. The highest BCUT2D eigenvalue weighted by Gasteiger charge is 2.45. The van der Waals surface area contributed by atoms with E-state index in [0.29, 0.717) is 12.6 Å². The van der Waals surface area contributed by atoms with Gasteiger partial charge in [-0.3, -0.25) is 10.1 Å². The van der Waals surface area contributed by atoms with E-state index >= 15 is 0 Å². The molecule has 0 radical (unpaired) electrons. The quantitative estimate of drug-likeness (QED) is 0.779. The smallest absolute Gasteiger partial charge is 0.326 e. The highest BCUT2D eigenvalue weighted by Crippen LogP contribution is 2.33. The molecule has 4 nitrogen and oxygen atoms in total. The van der Waals surface area contributed by atoms with Crippen molar-refractivity contribution in [2.75, 3.05) is 13.7 Å². The minimum Gasteiger partial charge on any atom is -0.465 e. The third-order valence-corrected chi connectivity index (χ3v) is 4.54. The predicted octanol–water partition coefficient (Wildman–Crippen LogP) is 2.41. The summed E-state index contributed by atoms with van der Waals surface area (Å²) >= 11 is 0. The Labute approximate surface area is 116 Å². The Balaban J connectivity index is 2.08. The fourth-order valence-electron chi connectivity index (χ4n) is 3.53. The number of hydrogen-bond acceptors (Lipinski definition) is 4. The van der Waals surface area contributed by atoms with E-state index in [2.05, 4.69) is 5.32 Å². The summed E-state index contributed by atoms with van der Waals surface area (Å²) in [4.78, 5) is 12.4. The van der Waals surface area contributed by atoms with Gasteiger partial charge in [0, 0.05) is 19.6 Å². The summed E-state index contributed by atoms with van der Waals surface area (Å²) in [5.74, 6) is -0.0800. The summed E-state index contributed by atoms with van der Waals surface area (Å²) in [7, 11) is 1.74. The molecule has 2 fully saturated rings. The van der Waals surface area contributed by atoms with Crippen molar-refractivity contribution in [2.24, 2.45) is 0 Å². The molecule has 2 rings (SSSR count). The number of hydrogen-bond donors (Lipinski definition) is 1. The Morgan fingerprint density at radius 1 is 1.26 bits per heavy atom. The zero-order chi connectivity index (χ0) is 13.7. The number of carbonyl (C=O) groups is 1. The summed E-state index contributed by atoms with van der Waals surface area (Å²) in [5.41, 5.74) is -0.510. The van der Waals surface area contributed by atoms with Crippen molar-refractivity contribution in [2.45, 2.75) is 76.0 Å². The maximum atomic E-state index is 12.4. The van der Waals surface area contributed by atoms with Crippen molar-refractivity contribution in [1.29, 1.82) is 0 Å². The van der Waals surface area contributed by atoms with Gasteiger partial charge >= 0.3 is 5.97 Å². The van der Waals surface area contributed by atoms with E-state index in [1.54, 1.807) is 7.11 Å². The molecule has 4 heteroatoms. The number of nitrogens with one attached hydrogen (secondary N) is 1. The molecule has 2 unspecified atom stereocenters. The van der Waals surface area contributed by atoms with Crippen LogP contribution >= 0.6 is 0 Å². The van der Waals surface area contributed by atoms with Crippen LogP contribution in [0.1, 0.15) is 58.3 Å². The van der Waals surface area contributed by atoms with Crippen molar-refractivity contribution < 1.29 is 14.3 Å². The van der Waals surface area contributed by atoms with Crippen LogP contribution in [0.4, 0.5) is 0 Å². The lowest BCUT2D eigenvalue weighted by atomic mass is 9.79. The molecule has 0 heterocycles. The number of ether oxygens (including phenoxy) is 2. The van der Waals surface area contributed by atoms with Gasteiger partial charge in [-0.05, 0) is 39.0 Å². The van der Waals surface area contributed by atoms with E-state index in [9.17, 15) is 4.79 Å². The maximum absolute atomic E-state index is 12.4. The van der Waals surface area contributed by atoms with Gasteiger partial charge in [-0.2, -0.15) is 0 Å². The van der Waals surface area contributed by atoms with Crippen molar-refractivity contribution >= 4 is 5.97 Å². The zero-order valence-electron chi connectivity index (χ0n) is 12.2. The summed E-state index contributed by atoms with van der Waals surface area (Å²) < 4.78 is 10.8. The SMILES string of the molecule is CCOC(=O)C1(NC2CCCC2)CCCC(OC)C1. The summed E-state index contributed by atoms with van der Waals surface area (Å²) in [6, 6.07) is 0.472. The second-order valence-electron chi connectivity index (χ2n) is 5.88. The van der Waals surface area contributed by atoms with Gasteiger partial charge in [0.15, 0.2) is 0 Å². The van der Waals surface area contributed by atoms with Gasteiger partial charge in [-0.25, -0.2) is 0 Å². The van der Waals surface area contributed by atoms with E-state index < -0.39 is 5.54 Å². The van der Waals surface area contributed by atoms with Crippen LogP contribution in [0.2, 0.25) is 0 Å². The Hall–Kier alpha value is -0.610. The summed E-state index contributed by atoms with van der Waals surface area (Å²) in [6.45, 7) is 2.32. The minimum absolute atomic E-state index is 0.0800. The fraction of sp³-hybridized carbons (Fsp3) is 0.933. The molecule has 0 spiro atoms. The Morgan fingerprint density at radius 3 is 2.63 bits per heavy atom. The van der Waals surface area contributed by atoms with Gasteiger partial charge in [0.05, 0.1) is 12.7 Å². The van der Waals surface area contributed by atoms with E-state index in [0.717, 1.165) is 25.7 Å². The van der Waals surface area contributed by atoms with Crippen molar-refractivity contribution in [3.63, 3.8) is 0 Å². The first-order valence-electron chi connectivity index (χ1n) is 7.68. The second kappa shape index (κ2) is 6.71. The molecule has 19 heavy (non-hydrogen) atoms. The molecular formula is C15H27NO3. The third-order valence-electron chi connectivity index (χ3n) is 4.54. The van der Waals surface area contributed by atoms with Gasteiger partial charge < -0.3 is 9.47 Å². The molecule has 0 amide bonds. The van der Waals surface area contributed by atoms with Crippen LogP contribution in [0.5, 0.6) is 0 Å². The molecule has 110 valence electrons. The third kappa shape index (κ3) is 3.48. The normalized spacial score (nSPS) is 32.4. The van der Waals surface area contributed by atoms with Gasteiger partial charge in [0.25, 0.3) is 0 Å². The van der Waals surface area contributed by atoms with Gasteiger partial charge in [0.1, 0.15) is 5.54 Å². The number of esters is 1. The largest absolute Gasteiger partial charge is 0.465 e. The molecular weight excluding hydrogens is 242 g/mol. The molecule has 0 aliphatic heterocycles. The predicted molar refractivity (Wildman–Crippen MR) is 74.0 cm³/mol. The summed E-state index contributed by atoms with van der Waals surface area (Å²) in [5, 5.41) is 3.63. The van der Waals surface area contributed by atoms with Crippen LogP contribution in [0.25, 0.3) is 0 Å². The Morgan fingerprint density at radius 2 is 2.00 bits per heavy atom. The molecule has 0 aromatic rings. The Kier molecular flexibility index (Phi) is 5.22. The summed E-state index contributed by atoms with van der Waals surface area (Å²) in [6.07, 6.45) is 8.76. The second-order valence-corrected chi connectivity index (χ2v) is 5.88. The molecule has 2 aliphatic rings. The first-order chi connectivity index (χ1) is 9.20. The monoisotopic (exact) mass is 269 g/mol. The van der Waals surface area contributed by atoms with Gasteiger partial charge in [-0.1, -0.05) is 12.8 Å². The lowest BCUT2D eigenvalue weighted by molar-refractivity contribution is -0.155.